The van der Waals surface area contributed by atoms with Gasteiger partial charge in [0.2, 0.25) is 5.91 Å². The summed E-state index contributed by atoms with van der Waals surface area (Å²) in [6.07, 6.45) is 1.36. The molecule has 0 bridgehead atoms. The van der Waals surface area contributed by atoms with Gasteiger partial charge in [-0.15, -0.1) is 0 Å². The van der Waals surface area contributed by atoms with E-state index in [0.29, 0.717) is 30.6 Å². The average Bonchev–Trinajstić information content (AvgIpc) is 2.42. The second kappa shape index (κ2) is 6.18. The first kappa shape index (κ1) is 14.2. The molecular weight excluding hydrogens is 226 g/mol. The Hall–Kier alpha value is -1.86. The lowest BCUT2D eigenvalue weighted by atomic mass is 9.81. The van der Waals surface area contributed by atoms with Crippen LogP contribution in [0.5, 0.6) is 0 Å². The Kier molecular flexibility index (Phi) is 4.87. The fraction of sp³-hybridized carbons (Fsp3) is 0.429. The highest BCUT2D eigenvalue weighted by Crippen LogP contribution is 2.27. The number of hydrogen-bond acceptors (Lipinski definition) is 3. The van der Waals surface area contributed by atoms with E-state index in [0.717, 1.165) is 0 Å². The fourth-order valence-corrected chi connectivity index (χ4v) is 1.90. The summed E-state index contributed by atoms with van der Waals surface area (Å²) in [5.41, 5.74) is 6.18. The molecule has 4 heteroatoms. The number of carbonyl (C=O) groups excluding carboxylic acids is 1. The SMILES string of the molecule is CCC(CC)(CN)C(=O)Nc1ccccc1C#N. The zero-order chi connectivity index (χ0) is 13.6. The molecule has 18 heavy (non-hydrogen) atoms. The highest BCUT2D eigenvalue weighted by atomic mass is 16.2. The van der Waals surface area contributed by atoms with Crippen LogP contribution < -0.4 is 11.1 Å². The summed E-state index contributed by atoms with van der Waals surface area (Å²) in [6.45, 7) is 4.21. The Morgan fingerprint density at radius 1 is 1.39 bits per heavy atom. The molecule has 3 N–H and O–H groups in total. The molecule has 1 amide bonds. The van der Waals surface area contributed by atoms with Crippen LogP contribution in [0.15, 0.2) is 24.3 Å². The topological polar surface area (TPSA) is 78.9 Å². The van der Waals surface area contributed by atoms with Gasteiger partial charge in [0.15, 0.2) is 0 Å². The van der Waals surface area contributed by atoms with Crippen LogP contribution in [0.25, 0.3) is 0 Å². The van der Waals surface area contributed by atoms with Crippen molar-refractivity contribution < 1.29 is 4.79 Å². The van der Waals surface area contributed by atoms with E-state index in [1.54, 1.807) is 24.3 Å². The Balaban J connectivity index is 2.97. The van der Waals surface area contributed by atoms with Crippen molar-refractivity contribution >= 4 is 11.6 Å². The molecule has 0 spiro atoms. The Morgan fingerprint density at radius 3 is 2.50 bits per heavy atom. The van der Waals surface area contributed by atoms with Crippen molar-refractivity contribution in [1.82, 2.24) is 0 Å². The minimum absolute atomic E-state index is 0.113. The summed E-state index contributed by atoms with van der Waals surface area (Å²) in [5, 5.41) is 11.8. The predicted molar refractivity (Wildman–Crippen MR) is 71.9 cm³/mol. The minimum Gasteiger partial charge on any atom is -0.329 e. The predicted octanol–water partition coefficient (Wildman–Crippen LogP) is 2.26. The van der Waals surface area contributed by atoms with Crippen LogP contribution in [0, 0.1) is 16.7 Å². The number of nitrogens with one attached hydrogen (secondary N) is 1. The zero-order valence-corrected chi connectivity index (χ0v) is 10.9. The maximum absolute atomic E-state index is 12.3. The molecule has 0 aromatic heterocycles. The van der Waals surface area contributed by atoms with E-state index in [-0.39, 0.29) is 5.91 Å². The molecule has 0 atom stereocenters. The molecule has 0 saturated heterocycles. The number of benzene rings is 1. The van der Waals surface area contributed by atoms with Gasteiger partial charge in [0.05, 0.1) is 16.7 Å². The number of hydrogen-bond donors (Lipinski definition) is 2. The van der Waals surface area contributed by atoms with Crippen LogP contribution in [0.1, 0.15) is 32.3 Å². The molecule has 0 unspecified atom stereocenters. The first-order valence-corrected chi connectivity index (χ1v) is 6.14. The first-order valence-electron chi connectivity index (χ1n) is 6.14. The van der Waals surface area contributed by atoms with Gasteiger partial charge in [0, 0.05) is 6.54 Å². The van der Waals surface area contributed by atoms with E-state index in [1.165, 1.54) is 0 Å². The van der Waals surface area contributed by atoms with E-state index in [4.69, 9.17) is 11.0 Å². The van der Waals surface area contributed by atoms with Crippen molar-refractivity contribution in [1.29, 1.82) is 5.26 Å². The van der Waals surface area contributed by atoms with Gasteiger partial charge in [-0.05, 0) is 25.0 Å². The molecule has 0 aliphatic rings. The summed E-state index contributed by atoms with van der Waals surface area (Å²) in [4.78, 5) is 12.3. The van der Waals surface area contributed by atoms with Gasteiger partial charge in [-0.2, -0.15) is 5.26 Å². The Bertz CT molecular complexity index is 450. The second-order valence-electron chi connectivity index (χ2n) is 4.30. The summed E-state index contributed by atoms with van der Waals surface area (Å²) in [5.74, 6) is -0.113. The summed E-state index contributed by atoms with van der Waals surface area (Å²) in [7, 11) is 0. The molecule has 1 rings (SSSR count). The molecule has 1 aromatic rings. The van der Waals surface area contributed by atoms with Gasteiger partial charge in [-0.3, -0.25) is 4.79 Å². The van der Waals surface area contributed by atoms with Gasteiger partial charge in [-0.1, -0.05) is 26.0 Å². The van der Waals surface area contributed by atoms with Crippen LogP contribution in [0.3, 0.4) is 0 Å². The van der Waals surface area contributed by atoms with Gasteiger partial charge in [0.25, 0.3) is 0 Å². The maximum atomic E-state index is 12.3. The third-order valence-electron chi connectivity index (χ3n) is 3.52. The lowest BCUT2D eigenvalue weighted by Gasteiger charge is -2.28. The lowest BCUT2D eigenvalue weighted by molar-refractivity contribution is -0.125. The van der Waals surface area contributed by atoms with E-state index in [2.05, 4.69) is 11.4 Å². The number of rotatable bonds is 5. The van der Waals surface area contributed by atoms with Gasteiger partial charge in [-0.25, -0.2) is 0 Å². The number of nitrogens with two attached hydrogens (primary N) is 1. The van der Waals surface area contributed by atoms with Gasteiger partial charge < -0.3 is 11.1 Å². The first-order chi connectivity index (χ1) is 8.63. The average molecular weight is 245 g/mol. The smallest absolute Gasteiger partial charge is 0.231 e. The molecule has 0 aliphatic heterocycles. The number of amides is 1. The van der Waals surface area contributed by atoms with Gasteiger partial charge >= 0.3 is 0 Å². The minimum atomic E-state index is -0.553. The Morgan fingerprint density at radius 2 is 2.00 bits per heavy atom. The largest absolute Gasteiger partial charge is 0.329 e. The molecule has 4 nitrogen and oxygen atoms in total. The van der Waals surface area contributed by atoms with E-state index in [1.807, 2.05) is 13.8 Å². The van der Waals surface area contributed by atoms with Crippen molar-refractivity contribution in [3.8, 4) is 6.07 Å². The van der Waals surface area contributed by atoms with Crippen molar-refractivity contribution in [2.24, 2.45) is 11.1 Å². The van der Waals surface area contributed by atoms with Crippen molar-refractivity contribution in [3.63, 3.8) is 0 Å². The number of anilines is 1. The monoisotopic (exact) mass is 245 g/mol. The quantitative estimate of drug-likeness (QED) is 0.835. The van der Waals surface area contributed by atoms with E-state index < -0.39 is 5.41 Å². The number of carbonyl (C=O) groups is 1. The molecule has 96 valence electrons. The normalized spacial score (nSPS) is 10.8. The summed E-state index contributed by atoms with van der Waals surface area (Å²) < 4.78 is 0. The maximum Gasteiger partial charge on any atom is 0.231 e. The van der Waals surface area contributed by atoms with Crippen molar-refractivity contribution in [2.75, 3.05) is 11.9 Å². The van der Waals surface area contributed by atoms with Gasteiger partial charge in [0.1, 0.15) is 6.07 Å². The van der Waals surface area contributed by atoms with Crippen LogP contribution in [0.4, 0.5) is 5.69 Å². The van der Waals surface area contributed by atoms with E-state index >= 15 is 0 Å². The Labute approximate surface area is 108 Å². The number of nitrogens with zero attached hydrogens (tertiary/aromatic N) is 1. The van der Waals surface area contributed by atoms with E-state index in [9.17, 15) is 4.79 Å². The van der Waals surface area contributed by atoms with Crippen LogP contribution in [-0.4, -0.2) is 12.5 Å². The van der Waals surface area contributed by atoms with Crippen molar-refractivity contribution in [3.05, 3.63) is 29.8 Å². The highest BCUT2D eigenvalue weighted by molar-refractivity contribution is 5.96. The highest BCUT2D eigenvalue weighted by Gasteiger charge is 2.33. The molecule has 0 radical (unpaired) electrons. The summed E-state index contributed by atoms with van der Waals surface area (Å²) >= 11 is 0. The standard InChI is InChI=1S/C14H19N3O/c1-3-14(4-2,10-16)13(18)17-12-8-6-5-7-11(12)9-15/h5-8H,3-4,10,16H2,1-2H3,(H,17,18). The molecule has 1 aromatic carbocycles. The molecule has 0 heterocycles. The lowest BCUT2D eigenvalue weighted by Crippen LogP contribution is -2.41. The molecule has 0 saturated carbocycles. The number of para-hydroxylation sites is 1. The molecular formula is C14H19N3O. The van der Waals surface area contributed by atoms with Crippen LogP contribution >= 0.6 is 0 Å². The third kappa shape index (κ3) is 2.69. The second-order valence-corrected chi connectivity index (χ2v) is 4.30. The zero-order valence-electron chi connectivity index (χ0n) is 10.9. The summed E-state index contributed by atoms with van der Waals surface area (Å²) in [6, 6.07) is 9.02. The van der Waals surface area contributed by atoms with Crippen LogP contribution in [-0.2, 0) is 4.79 Å². The third-order valence-corrected chi connectivity index (χ3v) is 3.52. The molecule has 0 fully saturated rings. The fourth-order valence-electron chi connectivity index (χ4n) is 1.90. The van der Waals surface area contributed by atoms with Crippen LogP contribution in [0.2, 0.25) is 0 Å². The van der Waals surface area contributed by atoms with Crippen molar-refractivity contribution in [2.45, 2.75) is 26.7 Å². The number of nitriles is 1. The molecule has 0 aliphatic carbocycles.